The first-order valence-corrected chi connectivity index (χ1v) is 10.6. The predicted molar refractivity (Wildman–Crippen MR) is 118 cm³/mol. The number of methoxy groups -OCH3 is 1. The third kappa shape index (κ3) is 5.45. The van der Waals surface area contributed by atoms with Gasteiger partial charge in [-0.1, -0.05) is 55.5 Å². The summed E-state index contributed by atoms with van der Waals surface area (Å²) in [5.41, 5.74) is 4.43. The zero-order valence-electron chi connectivity index (χ0n) is 18.2. The molecule has 0 aliphatic heterocycles. The van der Waals surface area contributed by atoms with Crippen LogP contribution in [0.2, 0.25) is 0 Å². The van der Waals surface area contributed by atoms with E-state index in [9.17, 15) is 14.4 Å². The maximum absolute atomic E-state index is 12.6. The monoisotopic (exact) mass is 440 g/mol. The number of amides is 2. The highest BCUT2D eigenvalue weighted by Gasteiger charge is 2.30. The van der Waals surface area contributed by atoms with Gasteiger partial charge in [-0.3, -0.25) is 9.59 Å². The number of aliphatic carboxylic acids is 1. The minimum atomic E-state index is -1.01. The Balaban J connectivity index is 1.62. The van der Waals surface area contributed by atoms with Gasteiger partial charge in [0.15, 0.2) is 0 Å². The molecular formula is C24H28N2O6. The summed E-state index contributed by atoms with van der Waals surface area (Å²) in [6.45, 7) is 1.83. The number of nitrogens with one attached hydrogen (secondary N) is 2. The minimum Gasteiger partial charge on any atom is -0.481 e. The van der Waals surface area contributed by atoms with Crippen LogP contribution in [0.5, 0.6) is 0 Å². The third-order valence-corrected chi connectivity index (χ3v) is 5.55. The van der Waals surface area contributed by atoms with Gasteiger partial charge in [-0.2, -0.15) is 0 Å². The predicted octanol–water partition coefficient (Wildman–Crippen LogP) is 2.91. The highest BCUT2D eigenvalue weighted by Crippen LogP contribution is 2.44. The van der Waals surface area contributed by atoms with Crippen molar-refractivity contribution in [3.63, 3.8) is 0 Å². The number of ether oxygens (including phenoxy) is 2. The topological polar surface area (TPSA) is 114 Å². The van der Waals surface area contributed by atoms with Crippen LogP contribution in [0.3, 0.4) is 0 Å². The summed E-state index contributed by atoms with van der Waals surface area (Å²) in [4.78, 5) is 36.0. The Kier molecular flexibility index (Phi) is 7.83. The number of alkyl carbamates (subject to hydrolysis) is 1. The molecule has 0 bridgehead atoms. The molecule has 170 valence electrons. The molecule has 2 aromatic rings. The fraction of sp³-hybridized carbons (Fsp3) is 0.375. The van der Waals surface area contributed by atoms with E-state index in [1.165, 1.54) is 7.11 Å². The summed E-state index contributed by atoms with van der Waals surface area (Å²) in [5.74, 6) is -1.62. The Morgan fingerprint density at radius 1 is 1.00 bits per heavy atom. The van der Waals surface area contributed by atoms with Crippen LogP contribution >= 0.6 is 0 Å². The van der Waals surface area contributed by atoms with Crippen molar-refractivity contribution in [1.29, 1.82) is 0 Å². The molecule has 0 spiro atoms. The molecule has 3 rings (SSSR count). The van der Waals surface area contributed by atoms with Gasteiger partial charge in [0.25, 0.3) is 0 Å². The van der Waals surface area contributed by atoms with Gasteiger partial charge in [0.2, 0.25) is 5.91 Å². The second-order valence-electron chi connectivity index (χ2n) is 7.69. The Labute approximate surface area is 186 Å². The molecule has 8 nitrogen and oxygen atoms in total. The summed E-state index contributed by atoms with van der Waals surface area (Å²) in [6, 6.07) is 14.5. The number of carboxylic acids is 1. The van der Waals surface area contributed by atoms with E-state index in [1.54, 1.807) is 6.92 Å². The molecule has 0 unspecified atom stereocenters. The second kappa shape index (κ2) is 10.8. The molecule has 0 heterocycles. The zero-order chi connectivity index (χ0) is 23.1. The summed E-state index contributed by atoms with van der Waals surface area (Å²) < 4.78 is 10.5. The van der Waals surface area contributed by atoms with Crippen molar-refractivity contribution in [3.8, 4) is 11.1 Å². The smallest absolute Gasteiger partial charge is 0.407 e. The Hall–Kier alpha value is -3.39. The van der Waals surface area contributed by atoms with E-state index >= 15 is 0 Å². The molecule has 2 amide bonds. The number of hydrogen-bond acceptors (Lipinski definition) is 5. The number of carbonyl (C=O) groups is 3. The molecule has 0 aromatic heterocycles. The average molecular weight is 440 g/mol. The van der Waals surface area contributed by atoms with Crippen LogP contribution < -0.4 is 10.6 Å². The van der Waals surface area contributed by atoms with Crippen LogP contribution in [-0.4, -0.2) is 55.5 Å². The molecule has 32 heavy (non-hydrogen) atoms. The number of carbonyl (C=O) groups excluding carboxylic acids is 2. The van der Waals surface area contributed by atoms with Gasteiger partial charge in [-0.05, 0) is 28.7 Å². The Morgan fingerprint density at radius 3 is 2.12 bits per heavy atom. The largest absolute Gasteiger partial charge is 0.481 e. The molecule has 8 heteroatoms. The van der Waals surface area contributed by atoms with E-state index in [-0.39, 0.29) is 25.6 Å². The zero-order valence-corrected chi connectivity index (χ0v) is 18.2. The molecule has 3 N–H and O–H groups in total. The Morgan fingerprint density at radius 2 is 1.59 bits per heavy atom. The van der Waals surface area contributed by atoms with Crippen molar-refractivity contribution in [3.05, 3.63) is 59.7 Å². The van der Waals surface area contributed by atoms with Crippen molar-refractivity contribution < 1.29 is 29.0 Å². The van der Waals surface area contributed by atoms with Gasteiger partial charge >= 0.3 is 12.1 Å². The lowest BCUT2D eigenvalue weighted by Gasteiger charge is -2.22. The van der Waals surface area contributed by atoms with E-state index in [4.69, 9.17) is 14.6 Å². The fourth-order valence-electron chi connectivity index (χ4n) is 3.94. The summed E-state index contributed by atoms with van der Waals surface area (Å²) >= 11 is 0. The molecule has 0 radical (unpaired) electrons. The number of benzene rings is 2. The second-order valence-corrected chi connectivity index (χ2v) is 7.69. The number of fused-ring (bicyclic) bond motifs is 3. The van der Waals surface area contributed by atoms with Gasteiger partial charge in [0, 0.05) is 19.1 Å². The fourth-order valence-corrected chi connectivity index (χ4v) is 3.94. The van der Waals surface area contributed by atoms with Crippen LogP contribution in [0.4, 0.5) is 4.79 Å². The quantitative estimate of drug-likeness (QED) is 0.524. The summed E-state index contributed by atoms with van der Waals surface area (Å²) in [5, 5.41) is 14.1. The van der Waals surface area contributed by atoms with Crippen molar-refractivity contribution in [2.45, 2.75) is 37.8 Å². The van der Waals surface area contributed by atoms with E-state index in [2.05, 4.69) is 22.8 Å². The molecule has 0 saturated heterocycles. The van der Waals surface area contributed by atoms with Crippen LogP contribution in [0.25, 0.3) is 11.1 Å². The van der Waals surface area contributed by atoms with Gasteiger partial charge in [0.05, 0.1) is 13.0 Å². The summed E-state index contributed by atoms with van der Waals surface area (Å²) in [7, 11) is 1.41. The maximum Gasteiger partial charge on any atom is 0.407 e. The van der Waals surface area contributed by atoms with E-state index in [0.29, 0.717) is 6.42 Å². The van der Waals surface area contributed by atoms with Crippen molar-refractivity contribution in [2.24, 2.45) is 0 Å². The molecule has 2 aromatic carbocycles. The maximum atomic E-state index is 12.6. The standard InChI is InChI=1S/C24H28N2O6/c1-3-15(12-22(27)28)25-23(29)21(14-31-2)26-24(30)32-13-20-18-10-6-4-8-16(18)17-9-5-7-11-19(17)20/h4-11,15,20-21H,3,12-14H2,1-2H3,(H,25,29)(H,26,30)(H,27,28)/t15-,21+/m1/s1. The minimum absolute atomic E-state index is 0.0699. The van der Waals surface area contributed by atoms with E-state index < -0.39 is 30.1 Å². The lowest BCUT2D eigenvalue weighted by Crippen LogP contribution is -2.52. The van der Waals surface area contributed by atoms with Crippen LogP contribution in [0, 0.1) is 0 Å². The van der Waals surface area contributed by atoms with E-state index in [0.717, 1.165) is 22.3 Å². The molecule has 0 saturated carbocycles. The molecule has 0 fully saturated rings. The van der Waals surface area contributed by atoms with Crippen molar-refractivity contribution >= 4 is 18.0 Å². The number of carboxylic acid groups (broad SMARTS) is 1. The lowest BCUT2D eigenvalue weighted by molar-refractivity contribution is -0.137. The van der Waals surface area contributed by atoms with E-state index in [1.807, 2.05) is 36.4 Å². The van der Waals surface area contributed by atoms with Gasteiger partial charge in [-0.15, -0.1) is 0 Å². The van der Waals surface area contributed by atoms with Crippen molar-refractivity contribution in [2.75, 3.05) is 20.3 Å². The van der Waals surface area contributed by atoms with Crippen molar-refractivity contribution in [1.82, 2.24) is 10.6 Å². The molecule has 1 aliphatic rings. The highest BCUT2D eigenvalue weighted by molar-refractivity contribution is 5.86. The first-order chi connectivity index (χ1) is 15.4. The molecule has 1 aliphatic carbocycles. The Bertz CT molecular complexity index is 931. The van der Waals surface area contributed by atoms with Crippen LogP contribution in [0.15, 0.2) is 48.5 Å². The lowest BCUT2D eigenvalue weighted by atomic mass is 9.98. The van der Waals surface area contributed by atoms with Crippen LogP contribution in [0.1, 0.15) is 36.8 Å². The molecule has 2 atom stereocenters. The van der Waals surface area contributed by atoms with Gasteiger partial charge in [0.1, 0.15) is 12.6 Å². The highest BCUT2D eigenvalue weighted by atomic mass is 16.5. The van der Waals surface area contributed by atoms with Gasteiger partial charge < -0.3 is 25.2 Å². The number of hydrogen-bond donors (Lipinski definition) is 3. The third-order valence-electron chi connectivity index (χ3n) is 5.55. The normalized spacial score (nSPS) is 14.1. The number of rotatable bonds is 10. The first kappa shape index (κ1) is 23.3. The van der Waals surface area contributed by atoms with Gasteiger partial charge in [-0.25, -0.2) is 4.79 Å². The average Bonchev–Trinajstić information content (AvgIpc) is 3.10. The SMILES string of the molecule is CC[C@H](CC(=O)O)NC(=O)[C@H](COC)NC(=O)OCC1c2ccccc2-c2ccccc21. The molecular weight excluding hydrogens is 412 g/mol. The first-order valence-electron chi connectivity index (χ1n) is 10.6. The summed E-state index contributed by atoms with van der Waals surface area (Å²) in [6.07, 6.45) is -0.495. The van der Waals surface area contributed by atoms with Crippen LogP contribution in [-0.2, 0) is 19.1 Å².